The number of carboxylic acid groups (broad SMARTS) is 1. The highest BCUT2D eigenvalue weighted by Gasteiger charge is 2.17. The van der Waals surface area contributed by atoms with E-state index in [2.05, 4.69) is 5.10 Å². The number of oxazole rings is 1. The molecule has 0 radical (unpaired) electrons. The van der Waals surface area contributed by atoms with Gasteiger partial charge in [0.25, 0.3) is 0 Å². The standard InChI is InChI=1S/C26H21N3O4/c30-24(31)13-14-29-23-15-21(12-11-20(23)16-27-29)32-17-22-25(18-7-3-1-4-8-18)33-26(28-22)19-9-5-2-6-10-19/h1-12,15-16H,13-14,17H2,(H,30,31). The number of benzene rings is 3. The first kappa shape index (κ1) is 20.5. The number of fused-ring (bicyclic) bond motifs is 1. The molecule has 2 aromatic heterocycles. The molecule has 5 aromatic rings. The van der Waals surface area contributed by atoms with Crippen molar-refractivity contribution in [1.82, 2.24) is 14.8 Å². The third-order valence-electron chi connectivity index (χ3n) is 5.28. The molecular weight excluding hydrogens is 418 g/mol. The van der Waals surface area contributed by atoms with Crippen molar-refractivity contribution in [1.29, 1.82) is 0 Å². The van der Waals surface area contributed by atoms with Gasteiger partial charge >= 0.3 is 5.97 Å². The van der Waals surface area contributed by atoms with Crippen molar-refractivity contribution in [3.63, 3.8) is 0 Å². The van der Waals surface area contributed by atoms with Gasteiger partial charge in [0, 0.05) is 22.6 Å². The summed E-state index contributed by atoms with van der Waals surface area (Å²) in [7, 11) is 0. The van der Waals surface area contributed by atoms with Gasteiger partial charge in [-0.15, -0.1) is 0 Å². The summed E-state index contributed by atoms with van der Waals surface area (Å²) >= 11 is 0. The summed E-state index contributed by atoms with van der Waals surface area (Å²) < 4.78 is 13.9. The molecule has 164 valence electrons. The number of ether oxygens (including phenoxy) is 1. The molecule has 3 aromatic carbocycles. The molecule has 0 bridgehead atoms. The minimum absolute atomic E-state index is 0.00347. The second-order valence-electron chi connectivity index (χ2n) is 7.55. The Labute approximate surface area is 189 Å². The topological polar surface area (TPSA) is 90.4 Å². The van der Waals surface area contributed by atoms with Crippen LogP contribution in [-0.4, -0.2) is 25.8 Å². The van der Waals surface area contributed by atoms with Gasteiger partial charge in [0.2, 0.25) is 5.89 Å². The molecule has 0 atom stereocenters. The molecule has 33 heavy (non-hydrogen) atoms. The molecule has 0 spiro atoms. The molecule has 0 aliphatic carbocycles. The normalized spacial score (nSPS) is 11.0. The van der Waals surface area contributed by atoms with E-state index < -0.39 is 5.97 Å². The highest BCUT2D eigenvalue weighted by molar-refractivity contribution is 5.80. The van der Waals surface area contributed by atoms with Gasteiger partial charge in [-0.05, 0) is 24.3 Å². The maximum Gasteiger partial charge on any atom is 0.305 e. The number of hydrogen-bond donors (Lipinski definition) is 1. The summed E-state index contributed by atoms with van der Waals surface area (Å²) in [6, 6.07) is 25.2. The Hall–Kier alpha value is -4.39. The SMILES string of the molecule is O=C(O)CCn1ncc2ccc(OCc3nc(-c4ccccc4)oc3-c3ccccc3)cc21. The third kappa shape index (κ3) is 4.48. The smallest absolute Gasteiger partial charge is 0.305 e. The molecule has 0 saturated heterocycles. The molecule has 0 amide bonds. The van der Waals surface area contributed by atoms with E-state index in [1.165, 1.54) is 0 Å². The first-order valence-corrected chi connectivity index (χ1v) is 10.6. The van der Waals surface area contributed by atoms with Crippen LogP contribution in [0, 0.1) is 0 Å². The number of nitrogens with zero attached hydrogens (tertiary/aromatic N) is 3. The second kappa shape index (κ2) is 9.00. The quantitative estimate of drug-likeness (QED) is 0.348. The van der Waals surface area contributed by atoms with Crippen molar-refractivity contribution in [2.24, 2.45) is 0 Å². The van der Waals surface area contributed by atoms with Crippen molar-refractivity contribution >= 4 is 16.9 Å². The average Bonchev–Trinajstić information content (AvgIpc) is 3.46. The highest BCUT2D eigenvalue weighted by atomic mass is 16.5. The Morgan fingerprint density at radius 1 is 0.970 bits per heavy atom. The van der Waals surface area contributed by atoms with E-state index >= 15 is 0 Å². The van der Waals surface area contributed by atoms with Gasteiger partial charge in [-0.2, -0.15) is 5.10 Å². The van der Waals surface area contributed by atoms with Crippen LogP contribution < -0.4 is 4.74 Å². The van der Waals surface area contributed by atoms with E-state index in [1.54, 1.807) is 10.9 Å². The second-order valence-corrected chi connectivity index (χ2v) is 7.55. The molecule has 0 saturated carbocycles. The van der Waals surface area contributed by atoms with Gasteiger partial charge in [-0.3, -0.25) is 9.48 Å². The highest BCUT2D eigenvalue weighted by Crippen LogP contribution is 2.31. The van der Waals surface area contributed by atoms with Crippen LogP contribution in [0.3, 0.4) is 0 Å². The molecule has 2 heterocycles. The van der Waals surface area contributed by atoms with E-state index in [9.17, 15) is 4.79 Å². The minimum atomic E-state index is -0.861. The molecule has 7 heteroatoms. The number of rotatable bonds is 8. The lowest BCUT2D eigenvalue weighted by Gasteiger charge is -2.07. The fraction of sp³-hybridized carbons (Fsp3) is 0.115. The molecule has 0 aliphatic heterocycles. The van der Waals surface area contributed by atoms with Crippen LogP contribution in [0.5, 0.6) is 5.75 Å². The summed E-state index contributed by atoms with van der Waals surface area (Å²) in [5.74, 6) is 0.986. The largest absolute Gasteiger partial charge is 0.487 e. The van der Waals surface area contributed by atoms with E-state index in [0.29, 0.717) is 29.6 Å². The fourth-order valence-corrected chi connectivity index (χ4v) is 3.64. The summed E-state index contributed by atoms with van der Waals surface area (Å²) in [5, 5.41) is 14.2. The lowest BCUT2D eigenvalue weighted by molar-refractivity contribution is -0.137. The van der Waals surface area contributed by atoms with Crippen LogP contribution in [0.2, 0.25) is 0 Å². The Balaban J connectivity index is 1.43. The van der Waals surface area contributed by atoms with Crippen molar-refractivity contribution in [3.8, 4) is 28.5 Å². The predicted molar refractivity (Wildman–Crippen MR) is 124 cm³/mol. The average molecular weight is 439 g/mol. The summed E-state index contributed by atoms with van der Waals surface area (Å²) in [5.41, 5.74) is 3.33. The lowest BCUT2D eigenvalue weighted by Crippen LogP contribution is -2.05. The number of aromatic nitrogens is 3. The molecule has 0 aliphatic rings. The van der Waals surface area contributed by atoms with Crippen molar-refractivity contribution in [3.05, 3.63) is 90.8 Å². The zero-order chi connectivity index (χ0) is 22.6. The van der Waals surface area contributed by atoms with Crippen LogP contribution in [0.1, 0.15) is 12.1 Å². The summed E-state index contributed by atoms with van der Waals surface area (Å²) in [6.07, 6.45) is 1.72. The van der Waals surface area contributed by atoms with E-state index in [1.807, 2.05) is 78.9 Å². The molecular formula is C26H21N3O4. The van der Waals surface area contributed by atoms with Crippen LogP contribution in [0.15, 0.2) is 89.5 Å². The first-order valence-electron chi connectivity index (χ1n) is 10.6. The van der Waals surface area contributed by atoms with Crippen LogP contribution in [-0.2, 0) is 17.9 Å². The van der Waals surface area contributed by atoms with Crippen LogP contribution in [0.4, 0.5) is 0 Å². The van der Waals surface area contributed by atoms with Gasteiger partial charge in [0.1, 0.15) is 18.1 Å². The maximum atomic E-state index is 10.9. The number of carbonyl (C=O) groups is 1. The van der Waals surface area contributed by atoms with E-state index in [4.69, 9.17) is 19.2 Å². The van der Waals surface area contributed by atoms with Crippen molar-refractivity contribution in [2.75, 3.05) is 0 Å². The number of aryl methyl sites for hydroxylation is 1. The Kier molecular flexibility index (Phi) is 5.59. The lowest BCUT2D eigenvalue weighted by atomic mass is 10.1. The van der Waals surface area contributed by atoms with E-state index in [0.717, 1.165) is 22.0 Å². The molecule has 1 N–H and O–H groups in total. The molecule has 7 nitrogen and oxygen atoms in total. The molecule has 0 unspecified atom stereocenters. The summed E-state index contributed by atoms with van der Waals surface area (Å²) in [6.45, 7) is 0.513. The maximum absolute atomic E-state index is 10.9. The zero-order valence-electron chi connectivity index (χ0n) is 17.7. The zero-order valence-corrected chi connectivity index (χ0v) is 17.7. The van der Waals surface area contributed by atoms with Crippen LogP contribution >= 0.6 is 0 Å². The minimum Gasteiger partial charge on any atom is -0.487 e. The van der Waals surface area contributed by atoms with Gasteiger partial charge < -0.3 is 14.3 Å². The third-order valence-corrected chi connectivity index (χ3v) is 5.28. The van der Waals surface area contributed by atoms with E-state index in [-0.39, 0.29) is 13.0 Å². The van der Waals surface area contributed by atoms with Gasteiger partial charge in [0.15, 0.2) is 5.76 Å². The Bertz CT molecular complexity index is 1390. The van der Waals surface area contributed by atoms with Gasteiger partial charge in [0.05, 0.1) is 24.7 Å². The number of hydrogen-bond acceptors (Lipinski definition) is 5. The van der Waals surface area contributed by atoms with Crippen molar-refractivity contribution in [2.45, 2.75) is 19.6 Å². The fourth-order valence-electron chi connectivity index (χ4n) is 3.64. The van der Waals surface area contributed by atoms with Gasteiger partial charge in [-0.1, -0.05) is 48.5 Å². The molecule has 5 rings (SSSR count). The van der Waals surface area contributed by atoms with Gasteiger partial charge in [-0.25, -0.2) is 4.98 Å². The van der Waals surface area contributed by atoms with Crippen LogP contribution in [0.25, 0.3) is 33.7 Å². The Morgan fingerprint density at radius 2 is 1.70 bits per heavy atom. The molecule has 0 fully saturated rings. The monoisotopic (exact) mass is 439 g/mol. The van der Waals surface area contributed by atoms with Crippen molar-refractivity contribution < 1.29 is 19.1 Å². The first-order chi connectivity index (χ1) is 16.2. The summed E-state index contributed by atoms with van der Waals surface area (Å²) in [4.78, 5) is 15.6. The Morgan fingerprint density at radius 3 is 2.42 bits per heavy atom. The number of carboxylic acids is 1. The predicted octanol–water partition coefficient (Wildman–Crippen LogP) is 5.41. The number of aliphatic carboxylic acids is 1.